The molecule has 0 aliphatic heterocycles. The highest BCUT2D eigenvalue weighted by molar-refractivity contribution is 7.87. The molecular weight excluding hydrogens is 535 g/mol. The molecule has 0 radical (unpaired) electrons. The Kier molecular flexibility index (Phi) is 7.11. The minimum atomic E-state index is -7.37. The van der Waals surface area contributed by atoms with Gasteiger partial charge in [-0.15, -0.1) is 12.6 Å². The second-order valence-corrected chi connectivity index (χ2v) is 8.57. The van der Waals surface area contributed by atoms with Gasteiger partial charge in [-0.25, -0.2) is 0 Å². The normalized spacial score (nSPS) is 13.7. The quantitative estimate of drug-likeness (QED) is 0.123. The molecule has 3 aromatic rings. The third kappa shape index (κ3) is 4.65. The Labute approximate surface area is 189 Å². The number of benzene rings is 2. The van der Waals surface area contributed by atoms with Crippen molar-refractivity contribution in [3.8, 4) is 0 Å². The lowest BCUT2D eigenvalue weighted by Crippen LogP contribution is -2.63. The molecule has 0 saturated heterocycles. The van der Waals surface area contributed by atoms with Crippen LogP contribution < -0.4 is 0 Å². The van der Waals surface area contributed by atoms with E-state index in [1.165, 1.54) is 0 Å². The number of thiol groups is 1. The van der Waals surface area contributed by atoms with E-state index < -0.39 is 33.4 Å². The van der Waals surface area contributed by atoms with Crippen molar-refractivity contribution in [2.24, 2.45) is 0 Å². The molecule has 0 saturated carbocycles. The van der Waals surface area contributed by atoms with Gasteiger partial charge in [0.25, 0.3) is 0 Å². The van der Waals surface area contributed by atoms with Crippen LogP contribution in [0.4, 0.5) is 39.5 Å². The summed E-state index contributed by atoms with van der Waals surface area (Å²) in [5, 5.41) is -5.08. The summed E-state index contributed by atoms with van der Waals surface area (Å²) in [5.41, 5.74) is 1.57. The number of alkyl halides is 9. The van der Waals surface area contributed by atoms with Gasteiger partial charge in [-0.05, 0) is 24.3 Å². The third-order valence-corrected chi connectivity index (χ3v) is 5.72. The fourth-order valence-corrected chi connectivity index (χ4v) is 3.37. The van der Waals surface area contributed by atoms with Gasteiger partial charge in [0.05, 0.1) is 4.51 Å². The van der Waals surface area contributed by atoms with Crippen molar-refractivity contribution in [1.82, 2.24) is 0 Å². The zero-order valence-corrected chi connectivity index (χ0v) is 17.9. The topological polar surface area (TPSA) is 67.5 Å². The molecule has 0 bridgehead atoms. The van der Waals surface area contributed by atoms with Crippen LogP contribution in [0.25, 0.3) is 21.9 Å². The fourth-order valence-electron chi connectivity index (χ4n) is 2.33. The van der Waals surface area contributed by atoms with Crippen molar-refractivity contribution < 1.29 is 56.9 Å². The highest BCUT2D eigenvalue weighted by Crippen LogP contribution is 2.54. The predicted octanol–water partition coefficient (Wildman–Crippen LogP) is 6.90. The predicted molar refractivity (Wildman–Crippen MR) is 104 cm³/mol. The van der Waals surface area contributed by atoms with E-state index in [0.717, 1.165) is 31.3 Å². The Morgan fingerprint density at radius 1 is 0.818 bits per heavy atom. The number of hydrogen-bond donors (Lipinski definition) is 2. The number of halogens is 9. The number of hydrogen-bond acceptors (Lipinski definition) is 5. The van der Waals surface area contributed by atoms with Gasteiger partial charge in [-0.2, -0.15) is 47.9 Å². The van der Waals surface area contributed by atoms with E-state index in [-0.39, 0.29) is 0 Å². The second-order valence-electron chi connectivity index (χ2n) is 6.22. The van der Waals surface area contributed by atoms with Crippen LogP contribution in [-0.4, -0.2) is 36.2 Å². The van der Waals surface area contributed by atoms with Crippen molar-refractivity contribution in [3.63, 3.8) is 0 Å². The average Bonchev–Trinajstić information content (AvgIpc) is 2.67. The molecule has 4 nitrogen and oxygen atoms in total. The Bertz CT molecular complexity index is 1350. The standard InChI is InChI=1S/C13H8OS2.C4HF9O3S/c15-11-7-3-5-9-12(11)14-10-6-2-1-4-8(10)13(9)16;5-1(6,3(9,10)11)2(7,8)4(12,13)17(14,15)16/h1-7,15H;(H,14,15,16). The Hall–Kier alpha value is -2.04. The molecule has 0 fully saturated rings. The van der Waals surface area contributed by atoms with E-state index in [9.17, 15) is 47.9 Å². The van der Waals surface area contributed by atoms with Crippen LogP contribution in [0.15, 0.2) is 51.8 Å². The molecule has 3 rings (SSSR count). The first-order valence-corrected chi connectivity index (χ1v) is 10.4. The van der Waals surface area contributed by atoms with E-state index in [1.807, 2.05) is 42.5 Å². The number of rotatable bonds is 3. The molecule has 0 amide bonds. The molecule has 0 spiro atoms. The van der Waals surface area contributed by atoms with Crippen molar-refractivity contribution in [2.75, 3.05) is 0 Å². The molecule has 1 N–H and O–H groups in total. The van der Waals surface area contributed by atoms with Crippen LogP contribution in [-0.2, 0) is 10.1 Å². The smallest absolute Gasteiger partial charge is 0.455 e. The summed E-state index contributed by atoms with van der Waals surface area (Å²) < 4.78 is 141. The molecule has 33 heavy (non-hydrogen) atoms. The van der Waals surface area contributed by atoms with Crippen LogP contribution in [0.1, 0.15) is 0 Å². The number of fused-ring (bicyclic) bond motifs is 2. The van der Waals surface area contributed by atoms with Crippen LogP contribution >= 0.6 is 24.8 Å². The molecule has 0 unspecified atom stereocenters. The van der Waals surface area contributed by atoms with Crippen LogP contribution in [0.5, 0.6) is 0 Å². The van der Waals surface area contributed by atoms with Gasteiger partial charge in [0.1, 0.15) is 11.2 Å². The maximum atomic E-state index is 12.2. The van der Waals surface area contributed by atoms with Gasteiger partial charge in [0.2, 0.25) is 0 Å². The summed E-state index contributed by atoms with van der Waals surface area (Å²) in [7, 11) is -7.17. The first kappa shape index (κ1) is 27.2. The molecule has 1 aromatic heterocycles. The first-order valence-electron chi connectivity index (χ1n) is 8.08. The van der Waals surface area contributed by atoms with Crippen LogP contribution in [0.2, 0.25) is 0 Å². The minimum Gasteiger partial charge on any atom is -0.455 e. The monoisotopic (exact) mass is 544 g/mol. The summed E-state index contributed by atoms with van der Waals surface area (Å²) >= 11 is 9.84. The molecule has 0 aliphatic carbocycles. The van der Waals surface area contributed by atoms with Crippen molar-refractivity contribution in [3.05, 3.63) is 47.0 Å². The van der Waals surface area contributed by atoms with Crippen LogP contribution in [0, 0.1) is 4.51 Å². The van der Waals surface area contributed by atoms with Crippen molar-refractivity contribution >= 4 is 56.9 Å². The lowest BCUT2D eigenvalue weighted by molar-refractivity contribution is -0.382. The zero-order valence-electron chi connectivity index (χ0n) is 15.4. The van der Waals surface area contributed by atoms with E-state index in [4.69, 9.17) is 21.2 Å². The van der Waals surface area contributed by atoms with E-state index >= 15 is 0 Å². The lowest BCUT2D eigenvalue weighted by atomic mass is 10.1. The van der Waals surface area contributed by atoms with Gasteiger partial charge >= 0.3 is 33.4 Å². The Morgan fingerprint density at radius 2 is 1.33 bits per heavy atom. The largest absolute Gasteiger partial charge is 0.460 e. The summed E-state index contributed by atoms with van der Waals surface area (Å²) in [4.78, 5) is 0.814. The molecule has 0 aliphatic rings. The van der Waals surface area contributed by atoms with Crippen LogP contribution in [0.3, 0.4) is 0 Å². The zero-order chi connectivity index (χ0) is 25.6. The molecular formula is C17H9F9O4S3. The molecule has 16 heteroatoms. The maximum absolute atomic E-state index is 12.2. The minimum absolute atomic E-state index is 0.759. The van der Waals surface area contributed by atoms with Crippen molar-refractivity contribution in [2.45, 2.75) is 28.2 Å². The summed E-state index contributed by atoms with van der Waals surface area (Å²) in [6, 6.07) is 13.6. The van der Waals surface area contributed by atoms with Gasteiger partial charge in [0, 0.05) is 15.7 Å². The highest BCUT2D eigenvalue weighted by atomic mass is 32.2. The van der Waals surface area contributed by atoms with Gasteiger partial charge in [-0.3, -0.25) is 4.55 Å². The Morgan fingerprint density at radius 3 is 1.85 bits per heavy atom. The average molecular weight is 544 g/mol. The maximum Gasteiger partial charge on any atom is 0.460 e. The first-order chi connectivity index (χ1) is 14.8. The second kappa shape index (κ2) is 8.63. The molecule has 1 heterocycles. The molecule has 2 aromatic carbocycles. The van der Waals surface area contributed by atoms with Crippen molar-refractivity contribution in [1.29, 1.82) is 0 Å². The van der Waals surface area contributed by atoms with Gasteiger partial charge in [-0.1, -0.05) is 30.4 Å². The van der Waals surface area contributed by atoms with E-state index in [0.29, 0.717) is 0 Å². The summed E-state index contributed by atoms with van der Waals surface area (Å²) in [5.74, 6) is -14.7. The van der Waals surface area contributed by atoms with Gasteiger partial charge < -0.3 is 4.42 Å². The Balaban J connectivity index is 0.000000233. The van der Waals surface area contributed by atoms with E-state index in [1.54, 1.807) is 0 Å². The highest BCUT2D eigenvalue weighted by Gasteiger charge is 2.85. The summed E-state index contributed by atoms with van der Waals surface area (Å²) in [6.07, 6.45) is -7.13. The molecule has 0 atom stereocenters. The SMILES string of the molecule is O=S(=O)(O)C(F)(F)C(F)(F)C(F)(F)C(F)(F)F.S=c1c2ccccc2oc2c(S)cccc12. The molecule has 182 valence electrons. The summed E-state index contributed by atoms with van der Waals surface area (Å²) in [6.45, 7) is 0. The van der Waals surface area contributed by atoms with Gasteiger partial charge in [0.15, 0.2) is 0 Å². The third-order valence-electron chi connectivity index (χ3n) is 4.02. The number of para-hydroxylation sites is 2. The lowest BCUT2D eigenvalue weighted by Gasteiger charge is -2.31. The fraction of sp³-hybridized carbons (Fsp3) is 0.235. The van der Waals surface area contributed by atoms with E-state index in [2.05, 4.69) is 12.6 Å².